The molecule has 0 amide bonds. The second-order valence-electron chi connectivity index (χ2n) is 5.02. The minimum absolute atomic E-state index is 0.181. The van der Waals surface area contributed by atoms with Crippen LogP contribution in [0.1, 0.15) is 30.4 Å². The molecule has 1 heterocycles. The molecule has 0 aliphatic carbocycles. The summed E-state index contributed by atoms with van der Waals surface area (Å²) in [5, 5.41) is 19.5. The van der Waals surface area contributed by atoms with Gasteiger partial charge in [0, 0.05) is 31.8 Å². The van der Waals surface area contributed by atoms with Gasteiger partial charge in [-0.05, 0) is 43.4 Å². The van der Waals surface area contributed by atoms with Crippen molar-refractivity contribution in [2.24, 2.45) is 0 Å². The number of nitro groups is 1. The number of nitro benzene ring substituents is 1. The molecule has 1 aliphatic rings. The number of nitrogens with zero attached hydrogens (tertiary/aromatic N) is 2. The van der Waals surface area contributed by atoms with Crippen molar-refractivity contribution in [2.75, 3.05) is 19.7 Å². The molecular formula is C14H20N2O3. The van der Waals surface area contributed by atoms with Crippen molar-refractivity contribution < 1.29 is 10.0 Å². The number of unbranched alkanes of at least 4 members (excludes halogenated alkanes) is 2. The lowest BCUT2D eigenvalue weighted by Gasteiger charge is -2.28. The molecule has 1 aromatic rings. The predicted octanol–water partition coefficient (Wildman–Crippen LogP) is 2.12. The molecule has 1 N–H and O–H groups in total. The molecule has 5 nitrogen and oxygen atoms in total. The topological polar surface area (TPSA) is 66.6 Å². The van der Waals surface area contributed by atoms with Gasteiger partial charge in [-0.2, -0.15) is 0 Å². The average molecular weight is 264 g/mol. The monoisotopic (exact) mass is 264 g/mol. The molecular weight excluding hydrogens is 244 g/mol. The van der Waals surface area contributed by atoms with Gasteiger partial charge in [0.25, 0.3) is 5.69 Å². The van der Waals surface area contributed by atoms with Crippen molar-refractivity contribution in [2.45, 2.75) is 32.2 Å². The molecule has 0 aromatic heterocycles. The quantitative estimate of drug-likeness (QED) is 0.485. The second-order valence-corrected chi connectivity index (χ2v) is 5.02. The number of fused-ring (bicyclic) bond motifs is 1. The lowest BCUT2D eigenvalue weighted by atomic mass is 9.99. The van der Waals surface area contributed by atoms with E-state index >= 15 is 0 Å². The first kappa shape index (κ1) is 14.0. The smallest absolute Gasteiger partial charge is 0.269 e. The molecule has 1 aliphatic heterocycles. The van der Waals surface area contributed by atoms with Gasteiger partial charge in [-0.1, -0.05) is 6.07 Å². The molecule has 0 bridgehead atoms. The Morgan fingerprint density at radius 3 is 2.84 bits per heavy atom. The van der Waals surface area contributed by atoms with Crippen LogP contribution in [-0.4, -0.2) is 34.6 Å². The van der Waals surface area contributed by atoms with E-state index in [-0.39, 0.29) is 17.2 Å². The van der Waals surface area contributed by atoms with Gasteiger partial charge in [-0.25, -0.2) is 0 Å². The molecule has 0 fully saturated rings. The van der Waals surface area contributed by atoms with Crippen LogP contribution < -0.4 is 0 Å². The van der Waals surface area contributed by atoms with E-state index in [1.165, 1.54) is 5.56 Å². The predicted molar refractivity (Wildman–Crippen MR) is 73.0 cm³/mol. The number of rotatable bonds is 6. The van der Waals surface area contributed by atoms with Crippen LogP contribution >= 0.6 is 0 Å². The fraction of sp³-hybridized carbons (Fsp3) is 0.571. The maximum atomic E-state index is 10.8. The van der Waals surface area contributed by atoms with Gasteiger partial charge in [0.1, 0.15) is 0 Å². The van der Waals surface area contributed by atoms with Crippen LogP contribution in [0.5, 0.6) is 0 Å². The highest BCUT2D eigenvalue weighted by Crippen LogP contribution is 2.23. The lowest BCUT2D eigenvalue weighted by Crippen LogP contribution is -2.31. The number of non-ortho nitro benzene ring substituents is 1. The van der Waals surface area contributed by atoms with Gasteiger partial charge in [-0.15, -0.1) is 0 Å². The zero-order valence-electron chi connectivity index (χ0n) is 11.0. The van der Waals surface area contributed by atoms with Crippen molar-refractivity contribution in [3.05, 3.63) is 39.4 Å². The Morgan fingerprint density at radius 2 is 2.11 bits per heavy atom. The Labute approximate surface area is 113 Å². The molecule has 0 radical (unpaired) electrons. The van der Waals surface area contributed by atoms with E-state index in [4.69, 9.17) is 5.11 Å². The normalized spacial score (nSPS) is 15.2. The number of benzene rings is 1. The summed E-state index contributed by atoms with van der Waals surface area (Å²) in [6.07, 6.45) is 3.93. The highest BCUT2D eigenvalue weighted by atomic mass is 16.6. The van der Waals surface area contributed by atoms with E-state index in [0.717, 1.165) is 50.9 Å². The van der Waals surface area contributed by atoms with Crippen LogP contribution in [0.3, 0.4) is 0 Å². The van der Waals surface area contributed by atoms with E-state index in [9.17, 15) is 10.1 Å². The van der Waals surface area contributed by atoms with E-state index in [0.29, 0.717) is 0 Å². The van der Waals surface area contributed by atoms with Gasteiger partial charge >= 0.3 is 0 Å². The van der Waals surface area contributed by atoms with Crippen molar-refractivity contribution >= 4 is 5.69 Å². The molecule has 0 saturated carbocycles. The molecule has 0 spiro atoms. The van der Waals surface area contributed by atoms with Crippen molar-refractivity contribution in [1.29, 1.82) is 0 Å². The van der Waals surface area contributed by atoms with Crippen LogP contribution in [0.15, 0.2) is 18.2 Å². The number of aliphatic hydroxyl groups is 1. The molecule has 5 heteroatoms. The lowest BCUT2D eigenvalue weighted by molar-refractivity contribution is -0.385. The standard InChI is InChI=1S/C14H20N2O3/c17-9-3-1-2-7-15-8-6-12-4-5-14(16(18)19)10-13(12)11-15/h4-5,10,17H,1-3,6-9,11H2. The summed E-state index contributed by atoms with van der Waals surface area (Å²) in [4.78, 5) is 12.8. The fourth-order valence-electron chi connectivity index (χ4n) is 2.53. The maximum absolute atomic E-state index is 10.8. The summed E-state index contributed by atoms with van der Waals surface area (Å²) in [5.41, 5.74) is 2.50. The van der Waals surface area contributed by atoms with Crippen LogP contribution in [0.4, 0.5) is 5.69 Å². The summed E-state index contributed by atoms with van der Waals surface area (Å²) < 4.78 is 0. The minimum Gasteiger partial charge on any atom is -0.396 e. The van der Waals surface area contributed by atoms with Crippen LogP contribution in [0.2, 0.25) is 0 Å². The summed E-state index contributed by atoms with van der Waals surface area (Å²) in [7, 11) is 0. The third-order valence-corrected chi connectivity index (χ3v) is 3.62. The summed E-state index contributed by atoms with van der Waals surface area (Å²) in [6.45, 7) is 3.08. The van der Waals surface area contributed by atoms with E-state index < -0.39 is 0 Å². The number of aliphatic hydroxyl groups excluding tert-OH is 1. The zero-order valence-corrected chi connectivity index (χ0v) is 11.0. The van der Waals surface area contributed by atoms with Crippen LogP contribution in [0.25, 0.3) is 0 Å². The molecule has 1 aromatic carbocycles. The molecule has 0 atom stereocenters. The van der Waals surface area contributed by atoms with Gasteiger partial charge in [0.2, 0.25) is 0 Å². The first-order valence-electron chi connectivity index (χ1n) is 6.80. The van der Waals surface area contributed by atoms with Crippen molar-refractivity contribution in [3.63, 3.8) is 0 Å². The molecule has 0 unspecified atom stereocenters. The number of hydrogen-bond donors (Lipinski definition) is 1. The summed E-state index contributed by atoms with van der Waals surface area (Å²) in [5.74, 6) is 0. The third kappa shape index (κ3) is 3.75. The van der Waals surface area contributed by atoms with Crippen LogP contribution in [0, 0.1) is 10.1 Å². The molecule has 0 saturated heterocycles. The van der Waals surface area contributed by atoms with E-state index in [1.54, 1.807) is 12.1 Å². The van der Waals surface area contributed by atoms with Crippen LogP contribution in [-0.2, 0) is 13.0 Å². The van der Waals surface area contributed by atoms with Gasteiger partial charge in [0.05, 0.1) is 4.92 Å². The molecule has 2 rings (SSSR count). The second kappa shape index (κ2) is 6.63. The SMILES string of the molecule is O=[N+]([O-])c1ccc2c(c1)CN(CCCCCO)CC2. The maximum Gasteiger partial charge on any atom is 0.269 e. The first-order chi connectivity index (χ1) is 9.20. The average Bonchev–Trinajstić information content (AvgIpc) is 2.42. The third-order valence-electron chi connectivity index (χ3n) is 3.62. The fourth-order valence-corrected chi connectivity index (χ4v) is 2.53. The number of hydrogen-bond acceptors (Lipinski definition) is 4. The first-order valence-corrected chi connectivity index (χ1v) is 6.80. The Kier molecular flexibility index (Phi) is 4.87. The van der Waals surface area contributed by atoms with E-state index in [2.05, 4.69) is 4.90 Å². The zero-order chi connectivity index (χ0) is 13.7. The van der Waals surface area contributed by atoms with Gasteiger partial charge in [-0.3, -0.25) is 15.0 Å². The Morgan fingerprint density at radius 1 is 1.26 bits per heavy atom. The largest absolute Gasteiger partial charge is 0.396 e. The Balaban J connectivity index is 1.94. The minimum atomic E-state index is -0.333. The van der Waals surface area contributed by atoms with E-state index in [1.807, 2.05) is 6.07 Å². The van der Waals surface area contributed by atoms with Gasteiger partial charge in [0.15, 0.2) is 0 Å². The highest BCUT2D eigenvalue weighted by Gasteiger charge is 2.18. The summed E-state index contributed by atoms with van der Waals surface area (Å²) in [6, 6.07) is 5.18. The Bertz CT molecular complexity index is 448. The van der Waals surface area contributed by atoms with Gasteiger partial charge < -0.3 is 5.11 Å². The highest BCUT2D eigenvalue weighted by molar-refractivity contribution is 5.41. The van der Waals surface area contributed by atoms with Crippen molar-refractivity contribution in [3.8, 4) is 0 Å². The van der Waals surface area contributed by atoms with Crippen molar-refractivity contribution in [1.82, 2.24) is 4.90 Å². The Hall–Kier alpha value is -1.46. The summed E-state index contributed by atoms with van der Waals surface area (Å²) >= 11 is 0. The molecule has 104 valence electrons. The molecule has 19 heavy (non-hydrogen) atoms.